The van der Waals surface area contributed by atoms with Crippen LogP contribution in [0.4, 0.5) is 20.4 Å². The average molecular weight is 737 g/mol. The molecule has 2 aliphatic heterocycles. The van der Waals surface area contributed by atoms with Crippen LogP contribution in [0.2, 0.25) is 0 Å². The molecule has 1 spiro atoms. The van der Waals surface area contributed by atoms with E-state index in [9.17, 15) is 22.8 Å². The molecule has 2 aromatic carbocycles. The van der Waals surface area contributed by atoms with E-state index >= 15 is 0 Å². The molecule has 4 heterocycles. The van der Waals surface area contributed by atoms with E-state index in [2.05, 4.69) is 15.3 Å². The molecule has 3 amide bonds. The SMILES string of the molecule is COC(=O)N1CC[C@]2(C1)CN(C(=O)Nc1nc3ccc(OC)nc3s1)c1ccc(S(=O)(=O)N(CCC(=O)OC(C)(C)C)Cc3ccccc3)cc12. The summed E-state index contributed by atoms with van der Waals surface area (Å²) in [4.78, 5) is 51.8. The van der Waals surface area contributed by atoms with Crippen LogP contribution in [0.5, 0.6) is 5.88 Å². The van der Waals surface area contributed by atoms with E-state index in [-0.39, 0.29) is 37.5 Å². The van der Waals surface area contributed by atoms with E-state index in [0.717, 1.165) is 5.56 Å². The third kappa shape index (κ3) is 7.62. The lowest BCUT2D eigenvalue weighted by molar-refractivity contribution is -0.154. The first-order chi connectivity index (χ1) is 24.2. The van der Waals surface area contributed by atoms with Crippen molar-refractivity contribution in [1.29, 1.82) is 0 Å². The summed E-state index contributed by atoms with van der Waals surface area (Å²) in [6.45, 7) is 5.96. The Labute approximate surface area is 300 Å². The Morgan fingerprint density at radius 1 is 1.02 bits per heavy atom. The predicted molar refractivity (Wildman–Crippen MR) is 192 cm³/mol. The largest absolute Gasteiger partial charge is 0.481 e. The number of carbonyl (C=O) groups is 3. The first-order valence-electron chi connectivity index (χ1n) is 16.3. The number of carbonyl (C=O) groups excluding carboxylic acids is 3. The van der Waals surface area contributed by atoms with Gasteiger partial charge in [-0.3, -0.25) is 15.0 Å². The zero-order chi connectivity index (χ0) is 36.6. The molecular weight excluding hydrogens is 697 g/mol. The van der Waals surface area contributed by atoms with Crippen molar-refractivity contribution in [3.8, 4) is 5.88 Å². The van der Waals surface area contributed by atoms with E-state index < -0.39 is 39.1 Å². The minimum atomic E-state index is -4.17. The van der Waals surface area contributed by atoms with E-state index in [1.165, 1.54) is 35.9 Å². The van der Waals surface area contributed by atoms with Gasteiger partial charge in [0.05, 0.1) is 25.5 Å². The van der Waals surface area contributed by atoms with Gasteiger partial charge in [0.25, 0.3) is 0 Å². The number of pyridine rings is 1. The van der Waals surface area contributed by atoms with Gasteiger partial charge < -0.3 is 19.1 Å². The number of ether oxygens (including phenoxy) is 3. The third-order valence-corrected chi connectivity index (χ3v) is 11.5. The van der Waals surface area contributed by atoms with Gasteiger partial charge in [-0.15, -0.1) is 0 Å². The molecule has 1 atom stereocenters. The van der Waals surface area contributed by atoms with Crippen LogP contribution in [0.3, 0.4) is 0 Å². The molecule has 16 heteroatoms. The van der Waals surface area contributed by atoms with Gasteiger partial charge in [0, 0.05) is 49.9 Å². The molecule has 270 valence electrons. The molecule has 14 nitrogen and oxygen atoms in total. The Hall–Kier alpha value is -4.80. The molecule has 1 N–H and O–H groups in total. The first kappa shape index (κ1) is 36.0. The summed E-state index contributed by atoms with van der Waals surface area (Å²) in [6, 6.07) is 16.8. The van der Waals surface area contributed by atoms with Crippen LogP contribution in [0.1, 0.15) is 44.7 Å². The molecule has 2 aliphatic rings. The normalized spacial score (nSPS) is 17.2. The van der Waals surface area contributed by atoms with E-state index in [0.29, 0.717) is 45.6 Å². The highest BCUT2D eigenvalue weighted by Crippen LogP contribution is 2.48. The number of rotatable bonds is 9. The number of likely N-dealkylation sites (tertiary alicyclic amines) is 1. The Kier molecular flexibility index (Phi) is 9.94. The van der Waals surface area contributed by atoms with Crippen molar-refractivity contribution in [2.24, 2.45) is 0 Å². The molecule has 2 aromatic heterocycles. The van der Waals surface area contributed by atoms with Crippen molar-refractivity contribution in [3.63, 3.8) is 0 Å². The number of aromatic nitrogens is 2. The number of thiazole rings is 1. The number of urea groups is 1. The summed E-state index contributed by atoms with van der Waals surface area (Å²) in [7, 11) is -1.35. The number of nitrogens with zero attached hydrogens (tertiary/aromatic N) is 5. The quantitative estimate of drug-likeness (QED) is 0.221. The molecule has 1 fully saturated rings. The van der Waals surface area contributed by atoms with Crippen LogP contribution in [0, 0.1) is 0 Å². The second-order valence-electron chi connectivity index (χ2n) is 13.5. The summed E-state index contributed by atoms with van der Waals surface area (Å²) >= 11 is 1.20. The fraction of sp³-hybridized carbons (Fsp3) is 0.400. The maximum Gasteiger partial charge on any atom is 0.409 e. The van der Waals surface area contributed by atoms with Gasteiger partial charge in [-0.2, -0.15) is 4.31 Å². The molecule has 6 rings (SSSR count). The van der Waals surface area contributed by atoms with Crippen molar-refractivity contribution in [1.82, 2.24) is 19.2 Å². The van der Waals surface area contributed by atoms with Crippen LogP contribution < -0.4 is 15.0 Å². The number of esters is 1. The minimum Gasteiger partial charge on any atom is -0.481 e. The highest BCUT2D eigenvalue weighted by atomic mass is 32.2. The van der Waals surface area contributed by atoms with E-state index in [1.807, 2.05) is 30.3 Å². The lowest BCUT2D eigenvalue weighted by Gasteiger charge is -2.26. The number of sulfonamides is 1. The van der Waals surface area contributed by atoms with E-state index in [1.54, 1.807) is 54.8 Å². The lowest BCUT2D eigenvalue weighted by atomic mass is 9.81. The lowest BCUT2D eigenvalue weighted by Crippen LogP contribution is -2.41. The number of benzene rings is 2. The van der Waals surface area contributed by atoms with E-state index in [4.69, 9.17) is 14.2 Å². The van der Waals surface area contributed by atoms with Crippen LogP contribution >= 0.6 is 11.3 Å². The summed E-state index contributed by atoms with van der Waals surface area (Å²) in [5.74, 6) is -0.0870. The summed E-state index contributed by atoms with van der Waals surface area (Å²) in [6.07, 6.45) is -0.179. The molecule has 1 saturated heterocycles. The van der Waals surface area contributed by atoms with Gasteiger partial charge >= 0.3 is 18.1 Å². The van der Waals surface area contributed by atoms with Gasteiger partial charge in [-0.25, -0.2) is 28.0 Å². The first-order valence-corrected chi connectivity index (χ1v) is 18.6. The van der Waals surface area contributed by atoms with Crippen molar-refractivity contribution >= 4 is 60.6 Å². The maximum atomic E-state index is 14.4. The van der Waals surface area contributed by atoms with Crippen LogP contribution in [0.25, 0.3) is 10.3 Å². The van der Waals surface area contributed by atoms with Crippen molar-refractivity contribution in [2.45, 2.75) is 56.1 Å². The number of fused-ring (bicyclic) bond motifs is 3. The molecule has 4 aromatic rings. The summed E-state index contributed by atoms with van der Waals surface area (Å²) in [5.41, 5.74) is 0.994. The van der Waals surface area contributed by atoms with Crippen molar-refractivity contribution < 1.29 is 37.0 Å². The van der Waals surface area contributed by atoms with Crippen molar-refractivity contribution in [3.05, 3.63) is 71.8 Å². The second kappa shape index (κ2) is 14.1. The Bertz CT molecular complexity index is 2070. The third-order valence-electron chi connectivity index (χ3n) is 8.80. The monoisotopic (exact) mass is 736 g/mol. The molecule has 0 aliphatic carbocycles. The predicted octanol–water partition coefficient (Wildman–Crippen LogP) is 5.38. The topological polar surface area (TPSA) is 161 Å². The fourth-order valence-corrected chi connectivity index (χ4v) is 8.73. The number of amides is 3. The molecule has 0 radical (unpaired) electrons. The van der Waals surface area contributed by atoms with Gasteiger partial charge in [0.1, 0.15) is 15.9 Å². The Balaban J connectivity index is 1.34. The smallest absolute Gasteiger partial charge is 0.409 e. The van der Waals surface area contributed by atoms with Crippen molar-refractivity contribution in [2.75, 3.05) is 50.6 Å². The zero-order valence-corrected chi connectivity index (χ0v) is 30.7. The van der Waals surface area contributed by atoms with Crippen LogP contribution in [0.15, 0.2) is 65.6 Å². The van der Waals surface area contributed by atoms with Gasteiger partial charge in [-0.05, 0) is 62.6 Å². The molecule has 51 heavy (non-hydrogen) atoms. The summed E-state index contributed by atoms with van der Waals surface area (Å²) in [5, 5.41) is 3.21. The number of anilines is 2. The standard InChI is InChI=1S/C35H40N6O8S2/c1-34(2,3)49-29(42)15-17-40(20-23-9-7-6-8-10-23)51(45,46)24-11-13-27-25(19-24)35(16-18-39(21-35)33(44)48-5)22-41(27)32(43)38-31-36-26-12-14-28(47-4)37-30(26)50-31/h6-14,19H,15-18,20-22H2,1-5H3,(H,36,38,43)/t35-/m0/s1. The molecule has 0 saturated carbocycles. The fourth-order valence-electron chi connectivity index (χ4n) is 6.45. The van der Waals surface area contributed by atoms with Crippen LogP contribution in [-0.4, -0.2) is 91.7 Å². The maximum absolute atomic E-state index is 14.4. The molecular formula is C35H40N6O8S2. The molecule has 0 bridgehead atoms. The average Bonchev–Trinajstić information content (AvgIpc) is 3.80. The number of hydrogen-bond acceptors (Lipinski definition) is 11. The Morgan fingerprint density at radius 2 is 1.78 bits per heavy atom. The highest BCUT2D eigenvalue weighted by Gasteiger charge is 2.50. The minimum absolute atomic E-state index is 0.00529. The number of methoxy groups -OCH3 is 2. The number of nitrogens with one attached hydrogen (secondary N) is 1. The van der Waals surface area contributed by atoms with Crippen LogP contribution in [-0.2, 0) is 36.3 Å². The van der Waals surface area contributed by atoms with Gasteiger partial charge in [0.15, 0.2) is 5.13 Å². The number of hydrogen-bond donors (Lipinski definition) is 1. The highest BCUT2D eigenvalue weighted by molar-refractivity contribution is 7.89. The second-order valence-corrected chi connectivity index (χ2v) is 16.4. The van der Waals surface area contributed by atoms with Gasteiger partial charge in [-0.1, -0.05) is 41.7 Å². The molecule has 0 unspecified atom stereocenters. The Morgan fingerprint density at radius 3 is 2.49 bits per heavy atom. The van der Waals surface area contributed by atoms with Gasteiger partial charge in [0.2, 0.25) is 15.9 Å². The summed E-state index contributed by atoms with van der Waals surface area (Å²) < 4.78 is 45.8. The zero-order valence-electron chi connectivity index (χ0n) is 29.0.